The van der Waals surface area contributed by atoms with Gasteiger partial charge in [0.15, 0.2) is 0 Å². The third-order valence-corrected chi connectivity index (χ3v) is 3.28. The molecular weight excluding hydrogens is 224 g/mol. The topological polar surface area (TPSA) is 56.7 Å². The molecule has 0 aliphatic heterocycles. The maximum absolute atomic E-state index is 5.80. The molecular formula is C14H20N4. The predicted octanol–water partition coefficient (Wildman–Crippen LogP) is 2.47. The van der Waals surface area contributed by atoms with Crippen LogP contribution in [-0.4, -0.2) is 14.8 Å². The first-order valence-corrected chi connectivity index (χ1v) is 6.31. The molecule has 18 heavy (non-hydrogen) atoms. The van der Waals surface area contributed by atoms with E-state index >= 15 is 0 Å². The predicted molar refractivity (Wildman–Crippen MR) is 72.8 cm³/mol. The highest BCUT2D eigenvalue weighted by atomic mass is 15.3. The van der Waals surface area contributed by atoms with E-state index in [1.54, 1.807) is 0 Å². The number of pyridine rings is 1. The lowest BCUT2D eigenvalue weighted by molar-refractivity contribution is 0.770. The van der Waals surface area contributed by atoms with Crippen LogP contribution >= 0.6 is 0 Å². The first kappa shape index (κ1) is 12.8. The Morgan fingerprint density at radius 2 is 2.06 bits per heavy atom. The molecule has 0 unspecified atom stereocenters. The number of nitrogens with zero attached hydrogens (tertiary/aromatic N) is 3. The van der Waals surface area contributed by atoms with Crippen LogP contribution in [0, 0.1) is 13.8 Å². The Balaban J connectivity index is 2.43. The van der Waals surface area contributed by atoms with Crippen LogP contribution < -0.4 is 5.73 Å². The number of hydrogen-bond acceptors (Lipinski definition) is 3. The van der Waals surface area contributed by atoms with E-state index in [0.29, 0.717) is 0 Å². The molecule has 2 aromatic heterocycles. The average molecular weight is 244 g/mol. The summed E-state index contributed by atoms with van der Waals surface area (Å²) in [6.45, 7) is 8.23. The van der Waals surface area contributed by atoms with E-state index < -0.39 is 0 Å². The van der Waals surface area contributed by atoms with Crippen molar-refractivity contribution >= 4 is 0 Å². The molecule has 2 heterocycles. The summed E-state index contributed by atoms with van der Waals surface area (Å²) in [6, 6.07) is 3.94. The monoisotopic (exact) mass is 244 g/mol. The van der Waals surface area contributed by atoms with Gasteiger partial charge in [-0.3, -0.25) is 4.98 Å². The molecule has 0 bridgehead atoms. The van der Waals surface area contributed by atoms with Gasteiger partial charge >= 0.3 is 0 Å². The molecule has 0 radical (unpaired) electrons. The van der Waals surface area contributed by atoms with E-state index in [1.165, 1.54) is 11.3 Å². The molecule has 96 valence electrons. The van der Waals surface area contributed by atoms with Crippen LogP contribution in [0.25, 0.3) is 5.69 Å². The molecule has 4 heteroatoms. The molecule has 2 rings (SSSR count). The van der Waals surface area contributed by atoms with Gasteiger partial charge in [-0.25, -0.2) is 4.68 Å². The molecule has 0 amide bonds. The molecule has 0 spiro atoms. The Kier molecular flexibility index (Phi) is 3.48. The van der Waals surface area contributed by atoms with Crippen LogP contribution in [0.1, 0.15) is 42.5 Å². The van der Waals surface area contributed by atoms with Crippen molar-refractivity contribution in [3.8, 4) is 5.69 Å². The van der Waals surface area contributed by atoms with Crippen LogP contribution in [0.15, 0.2) is 18.3 Å². The number of aryl methyl sites for hydroxylation is 1. The van der Waals surface area contributed by atoms with E-state index in [4.69, 9.17) is 5.73 Å². The molecule has 0 aliphatic carbocycles. The number of rotatable bonds is 3. The zero-order chi connectivity index (χ0) is 13.3. The zero-order valence-corrected chi connectivity index (χ0v) is 11.4. The van der Waals surface area contributed by atoms with Gasteiger partial charge in [0.1, 0.15) is 0 Å². The normalized spacial score (nSPS) is 12.7. The van der Waals surface area contributed by atoms with Gasteiger partial charge in [0.25, 0.3) is 0 Å². The van der Waals surface area contributed by atoms with Crippen molar-refractivity contribution in [2.24, 2.45) is 5.73 Å². The highest BCUT2D eigenvalue weighted by Crippen LogP contribution is 2.18. The summed E-state index contributed by atoms with van der Waals surface area (Å²) in [5, 5.41) is 4.57. The molecule has 0 saturated carbocycles. The number of nitrogens with two attached hydrogens (primary N) is 1. The molecule has 0 aromatic carbocycles. The van der Waals surface area contributed by atoms with E-state index in [2.05, 4.69) is 23.9 Å². The van der Waals surface area contributed by atoms with E-state index in [0.717, 1.165) is 23.5 Å². The summed E-state index contributed by atoms with van der Waals surface area (Å²) in [6.07, 6.45) is 2.83. The fourth-order valence-corrected chi connectivity index (χ4v) is 2.23. The quantitative estimate of drug-likeness (QED) is 0.902. The Morgan fingerprint density at radius 3 is 2.50 bits per heavy atom. The first-order valence-electron chi connectivity index (χ1n) is 6.31. The van der Waals surface area contributed by atoms with Gasteiger partial charge in [-0.15, -0.1) is 0 Å². The van der Waals surface area contributed by atoms with Crippen molar-refractivity contribution in [2.45, 2.75) is 40.2 Å². The molecule has 4 nitrogen and oxygen atoms in total. The minimum Gasteiger partial charge on any atom is -0.323 e. The second kappa shape index (κ2) is 4.90. The lowest BCUT2D eigenvalue weighted by Gasteiger charge is -2.07. The van der Waals surface area contributed by atoms with Crippen LogP contribution in [-0.2, 0) is 6.42 Å². The van der Waals surface area contributed by atoms with E-state index in [1.807, 2.05) is 36.9 Å². The number of aromatic nitrogens is 3. The van der Waals surface area contributed by atoms with Crippen molar-refractivity contribution < 1.29 is 0 Å². The summed E-state index contributed by atoms with van der Waals surface area (Å²) < 4.78 is 1.95. The van der Waals surface area contributed by atoms with Crippen molar-refractivity contribution in [1.82, 2.24) is 14.8 Å². The van der Waals surface area contributed by atoms with Crippen LogP contribution in [0.5, 0.6) is 0 Å². The molecule has 2 N–H and O–H groups in total. The summed E-state index contributed by atoms with van der Waals surface area (Å²) in [7, 11) is 0. The van der Waals surface area contributed by atoms with Crippen molar-refractivity contribution in [3.05, 3.63) is 41.0 Å². The maximum Gasteiger partial charge on any atom is 0.0832 e. The lowest BCUT2D eigenvalue weighted by atomic mass is 10.1. The van der Waals surface area contributed by atoms with Gasteiger partial charge < -0.3 is 5.73 Å². The van der Waals surface area contributed by atoms with E-state index in [9.17, 15) is 0 Å². The molecule has 0 saturated heterocycles. The smallest absolute Gasteiger partial charge is 0.0832 e. The van der Waals surface area contributed by atoms with Gasteiger partial charge in [-0.2, -0.15) is 5.10 Å². The Hall–Kier alpha value is -1.68. The average Bonchev–Trinajstić information content (AvgIpc) is 2.64. The summed E-state index contributed by atoms with van der Waals surface area (Å²) in [4.78, 5) is 4.37. The zero-order valence-electron chi connectivity index (χ0n) is 11.4. The van der Waals surface area contributed by atoms with Crippen molar-refractivity contribution in [3.63, 3.8) is 0 Å². The Labute approximate surface area is 108 Å². The fraction of sp³-hybridized carbons (Fsp3) is 0.429. The maximum atomic E-state index is 5.80. The SMILES string of the molecule is CCc1c(C)nn(-c2ccc([C@@H](C)N)nc2)c1C. The molecule has 0 fully saturated rings. The minimum atomic E-state index is -0.0364. The Morgan fingerprint density at radius 1 is 1.33 bits per heavy atom. The third kappa shape index (κ3) is 2.16. The van der Waals surface area contributed by atoms with Gasteiger partial charge in [0.05, 0.1) is 23.3 Å². The summed E-state index contributed by atoms with van der Waals surface area (Å²) in [5.74, 6) is 0. The molecule has 2 aromatic rings. The highest BCUT2D eigenvalue weighted by molar-refractivity contribution is 5.36. The molecule has 0 aliphatic rings. The van der Waals surface area contributed by atoms with Crippen LogP contribution in [0.2, 0.25) is 0 Å². The highest BCUT2D eigenvalue weighted by Gasteiger charge is 2.11. The minimum absolute atomic E-state index is 0.0364. The lowest BCUT2D eigenvalue weighted by Crippen LogP contribution is -2.08. The van der Waals surface area contributed by atoms with Crippen LogP contribution in [0.3, 0.4) is 0 Å². The van der Waals surface area contributed by atoms with Gasteiger partial charge in [0, 0.05) is 11.7 Å². The number of hydrogen-bond donors (Lipinski definition) is 1. The van der Waals surface area contributed by atoms with Crippen LogP contribution in [0.4, 0.5) is 0 Å². The van der Waals surface area contributed by atoms with Gasteiger partial charge in [0.2, 0.25) is 0 Å². The standard InChI is InChI=1S/C14H20N4/c1-5-13-10(3)17-18(11(13)4)12-6-7-14(9(2)15)16-8-12/h6-9H,5,15H2,1-4H3/t9-/m1/s1. The van der Waals surface area contributed by atoms with Crippen molar-refractivity contribution in [2.75, 3.05) is 0 Å². The third-order valence-electron chi connectivity index (χ3n) is 3.28. The largest absolute Gasteiger partial charge is 0.323 e. The fourth-order valence-electron chi connectivity index (χ4n) is 2.23. The summed E-state index contributed by atoms with van der Waals surface area (Å²) >= 11 is 0. The van der Waals surface area contributed by atoms with E-state index in [-0.39, 0.29) is 6.04 Å². The summed E-state index contributed by atoms with van der Waals surface area (Å²) in [5.41, 5.74) is 11.3. The first-order chi connectivity index (χ1) is 8.54. The Bertz CT molecular complexity index is 538. The van der Waals surface area contributed by atoms with Gasteiger partial charge in [-0.1, -0.05) is 6.92 Å². The second-order valence-corrected chi connectivity index (χ2v) is 4.64. The van der Waals surface area contributed by atoms with Crippen molar-refractivity contribution in [1.29, 1.82) is 0 Å². The molecule has 1 atom stereocenters. The second-order valence-electron chi connectivity index (χ2n) is 4.64. The van der Waals surface area contributed by atoms with Gasteiger partial charge in [-0.05, 0) is 44.9 Å².